The molecule has 1 aliphatic rings. The van der Waals surface area contributed by atoms with E-state index in [-0.39, 0.29) is 11.7 Å². The fourth-order valence-electron chi connectivity index (χ4n) is 3.73. The zero-order chi connectivity index (χ0) is 20.4. The Kier molecular flexibility index (Phi) is 5.32. The molecular weight excluding hydrogens is 364 g/mol. The molecule has 4 rings (SSSR count). The highest BCUT2D eigenvalue weighted by Crippen LogP contribution is 2.26. The van der Waals surface area contributed by atoms with E-state index in [4.69, 9.17) is 4.42 Å². The maximum absolute atomic E-state index is 13.3. The van der Waals surface area contributed by atoms with Crippen molar-refractivity contribution >= 4 is 11.7 Å². The third-order valence-electron chi connectivity index (χ3n) is 5.13. The highest BCUT2D eigenvalue weighted by molar-refractivity contribution is 6.15. The van der Waals surface area contributed by atoms with Gasteiger partial charge in [-0.2, -0.15) is 0 Å². The number of rotatable bonds is 5. The fraction of sp³-hybridized carbons (Fsp3) is 0.250. The Morgan fingerprint density at radius 1 is 1.00 bits per heavy atom. The molecule has 29 heavy (non-hydrogen) atoms. The number of benzene rings is 2. The largest absolute Gasteiger partial charge is 0.463 e. The first-order valence-electron chi connectivity index (χ1n) is 9.76. The standard InChI is InChI=1S/C24H24N2O3/c1-25(2)15-19-14-18-12-13-26(16-22(18)29-19)24(28)21-11-7-6-10-20(21)23(27)17-8-4-3-5-9-17/h3-11,14H,12-13,15-16H2,1-2H3. The van der Waals surface area contributed by atoms with Gasteiger partial charge in [0.25, 0.3) is 5.91 Å². The summed E-state index contributed by atoms with van der Waals surface area (Å²) in [6.07, 6.45) is 0.757. The molecule has 148 valence electrons. The van der Waals surface area contributed by atoms with Crippen LogP contribution in [0, 0.1) is 0 Å². The van der Waals surface area contributed by atoms with E-state index in [0.29, 0.717) is 29.8 Å². The predicted molar refractivity (Wildman–Crippen MR) is 111 cm³/mol. The van der Waals surface area contributed by atoms with E-state index in [1.807, 2.05) is 32.3 Å². The Hall–Kier alpha value is -3.18. The van der Waals surface area contributed by atoms with Gasteiger partial charge in [0.2, 0.25) is 0 Å². The maximum atomic E-state index is 13.3. The van der Waals surface area contributed by atoms with E-state index >= 15 is 0 Å². The van der Waals surface area contributed by atoms with Gasteiger partial charge in [0.15, 0.2) is 5.78 Å². The van der Waals surface area contributed by atoms with Gasteiger partial charge in [-0.25, -0.2) is 0 Å². The Labute approximate surface area is 170 Å². The van der Waals surface area contributed by atoms with Crippen LogP contribution in [0.2, 0.25) is 0 Å². The normalized spacial score (nSPS) is 13.4. The Morgan fingerprint density at radius 3 is 2.41 bits per heavy atom. The lowest BCUT2D eigenvalue weighted by molar-refractivity contribution is 0.0715. The molecule has 2 aromatic carbocycles. The summed E-state index contributed by atoms with van der Waals surface area (Å²) in [5.74, 6) is 1.47. The average molecular weight is 388 g/mol. The summed E-state index contributed by atoms with van der Waals surface area (Å²) < 4.78 is 5.98. The van der Waals surface area contributed by atoms with Gasteiger partial charge in [-0.15, -0.1) is 0 Å². The molecule has 1 aliphatic heterocycles. The molecule has 1 aromatic heterocycles. The van der Waals surface area contributed by atoms with Gasteiger partial charge < -0.3 is 14.2 Å². The summed E-state index contributed by atoms with van der Waals surface area (Å²) in [5.41, 5.74) is 2.61. The summed E-state index contributed by atoms with van der Waals surface area (Å²) in [7, 11) is 4.00. The van der Waals surface area contributed by atoms with E-state index in [9.17, 15) is 9.59 Å². The highest BCUT2D eigenvalue weighted by atomic mass is 16.3. The van der Waals surface area contributed by atoms with Gasteiger partial charge in [-0.3, -0.25) is 9.59 Å². The minimum Gasteiger partial charge on any atom is -0.463 e. The topological polar surface area (TPSA) is 53.8 Å². The SMILES string of the molecule is CN(C)Cc1cc2c(o1)CN(C(=O)c1ccccc1C(=O)c1ccccc1)CC2. The summed E-state index contributed by atoms with van der Waals surface area (Å²) in [6, 6.07) is 18.2. The van der Waals surface area contributed by atoms with E-state index < -0.39 is 0 Å². The van der Waals surface area contributed by atoms with Crippen LogP contribution in [0.5, 0.6) is 0 Å². The van der Waals surface area contributed by atoms with Gasteiger partial charge in [-0.05, 0) is 38.2 Å². The number of hydrogen-bond acceptors (Lipinski definition) is 4. The van der Waals surface area contributed by atoms with Crippen molar-refractivity contribution in [2.75, 3.05) is 20.6 Å². The second-order valence-electron chi connectivity index (χ2n) is 7.62. The molecule has 0 spiro atoms. The van der Waals surface area contributed by atoms with Crippen molar-refractivity contribution in [3.63, 3.8) is 0 Å². The number of amides is 1. The van der Waals surface area contributed by atoms with Crippen molar-refractivity contribution < 1.29 is 14.0 Å². The van der Waals surface area contributed by atoms with Crippen LogP contribution >= 0.6 is 0 Å². The molecule has 0 unspecified atom stereocenters. The molecule has 0 bridgehead atoms. The molecule has 5 heteroatoms. The number of carbonyl (C=O) groups is 2. The summed E-state index contributed by atoms with van der Waals surface area (Å²) in [4.78, 5) is 30.1. The fourth-order valence-corrected chi connectivity index (χ4v) is 3.73. The second-order valence-corrected chi connectivity index (χ2v) is 7.62. The first kappa shape index (κ1) is 19.2. The molecule has 0 N–H and O–H groups in total. The monoisotopic (exact) mass is 388 g/mol. The zero-order valence-corrected chi connectivity index (χ0v) is 16.7. The maximum Gasteiger partial charge on any atom is 0.255 e. The predicted octanol–water partition coefficient (Wildman–Crippen LogP) is 3.77. The van der Waals surface area contributed by atoms with E-state index in [1.54, 1.807) is 41.3 Å². The van der Waals surface area contributed by atoms with Crippen LogP contribution in [-0.4, -0.2) is 42.1 Å². The molecule has 0 radical (unpaired) electrons. The number of fused-ring (bicyclic) bond motifs is 1. The number of carbonyl (C=O) groups excluding carboxylic acids is 2. The molecule has 0 saturated heterocycles. The zero-order valence-electron chi connectivity index (χ0n) is 16.7. The van der Waals surface area contributed by atoms with Crippen LogP contribution < -0.4 is 0 Å². The van der Waals surface area contributed by atoms with Gasteiger partial charge in [0, 0.05) is 17.7 Å². The third-order valence-corrected chi connectivity index (χ3v) is 5.13. The summed E-state index contributed by atoms with van der Waals surface area (Å²) in [6.45, 7) is 1.77. The lowest BCUT2D eigenvalue weighted by atomic mass is 9.97. The molecule has 0 fully saturated rings. The van der Waals surface area contributed by atoms with E-state index in [2.05, 4.69) is 11.0 Å². The van der Waals surface area contributed by atoms with Crippen molar-refractivity contribution in [1.29, 1.82) is 0 Å². The summed E-state index contributed by atoms with van der Waals surface area (Å²) in [5, 5.41) is 0. The van der Waals surface area contributed by atoms with Gasteiger partial charge in [-0.1, -0.05) is 48.5 Å². The first-order valence-corrected chi connectivity index (χ1v) is 9.76. The second kappa shape index (κ2) is 8.05. The molecule has 2 heterocycles. The Bertz CT molecular complexity index is 1040. The quantitative estimate of drug-likeness (QED) is 0.625. The number of furan rings is 1. The molecule has 0 saturated carbocycles. The van der Waals surface area contributed by atoms with E-state index in [1.165, 1.54) is 5.56 Å². The number of nitrogens with zero attached hydrogens (tertiary/aromatic N) is 2. The lowest BCUT2D eigenvalue weighted by Crippen LogP contribution is -2.36. The third kappa shape index (κ3) is 4.00. The van der Waals surface area contributed by atoms with Crippen molar-refractivity contribution in [2.24, 2.45) is 0 Å². The molecule has 0 atom stereocenters. The highest BCUT2D eigenvalue weighted by Gasteiger charge is 2.27. The van der Waals surface area contributed by atoms with Crippen molar-refractivity contribution in [2.45, 2.75) is 19.5 Å². The minimum atomic E-state index is -0.140. The van der Waals surface area contributed by atoms with Crippen LogP contribution in [0.4, 0.5) is 0 Å². The summed E-state index contributed by atoms with van der Waals surface area (Å²) >= 11 is 0. The van der Waals surface area contributed by atoms with Crippen LogP contribution in [0.15, 0.2) is 65.1 Å². The van der Waals surface area contributed by atoms with Gasteiger partial charge >= 0.3 is 0 Å². The molecule has 1 amide bonds. The van der Waals surface area contributed by atoms with E-state index in [0.717, 1.165) is 24.5 Å². The van der Waals surface area contributed by atoms with Crippen LogP contribution in [0.25, 0.3) is 0 Å². The lowest BCUT2D eigenvalue weighted by Gasteiger charge is -2.26. The van der Waals surface area contributed by atoms with Gasteiger partial charge in [0.1, 0.15) is 11.5 Å². The molecular formula is C24H24N2O3. The van der Waals surface area contributed by atoms with Crippen LogP contribution in [0.1, 0.15) is 43.4 Å². The van der Waals surface area contributed by atoms with Crippen molar-refractivity contribution in [3.8, 4) is 0 Å². The molecule has 5 nitrogen and oxygen atoms in total. The van der Waals surface area contributed by atoms with Crippen molar-refractivity contribution in [1.82, 2.24) is 9.80 Å². The average Bonchev–Trinajstić information content (AvgIpc) is 3.14. The Morgan fingerprint density at radius 2 is 1.69 bits per heavy atom. The smallest absolute Gasteiger partial charge is 0.255 e. The van der Waals surface area contributed by atoms with Crippen molar-refractivity contribution in [3.05, 3.63) is 94.4 Å². The molecule has 3 aromatic rings. The van der Waals surface area contributed by atoms with Crippen LogP contribution in [-0.2, 0) is 19.5 Å². The van der Waals surface area contributed by atoms with Crippen LogP contribution in [0.3, 0.4) is 0 Å². The number of ketones is 1. The number of hydrogen-bond donors (Lipinski definition) is 0. The molecule has 0 aliphatic carbocycles. The minimum absolute atomic E-state index is 0.138. The Balaban J connectivity index is 1.58. The van der Waals surface area contributed by atoms with Gasteiger partial charge in [0.05, 0.1) is 18.7 Å². The first-order chi connectivity index (χ1) is 14.0.